The van der Waals surface area contributed by atoms with Crippen LogP contribution in [0.2, 0.25) is 0 Å². The van der Waals surface area contributed by atoms with Gasteiger partial charge in [0.2, 0.25) is 0 Å². The highest BCUT2D eigenvalue weighted by Gasteiger charge is 2.29. The van der Waals surface area contributed by atoms with Crippen molar-refractivity contribution in [1.29, 1.82) is 0 Å². The summed E-state index contributed by atoms with van der Waals surface area (Å²) in [5.41, 5.74) is 2.27. The number of benzene rings is 1. The highest BCUT2D eigenvalue weighted by Crippen LogP contribution is 2.27. The summed E-state index contributed by atoms with van der Waals surface area (Å²) < 4.78 is 0. The number of carbonyl (C=O) groups excluding carboxylic acids is 2. The van der Waals surface area contributed by atoms with E-state index < -0.39 is 5.97 Å². The zero-order valence-corrected chi connectivity index (χ0v) is 12.4. The smallest absolute Gasteiger partial charge is 0.337 e. The second-order valence-corrected chi connectivity index (χ2v) is 5.33. The Labute approximate surface area is 132 Å². The van der Waals surface area contributed by atoms with Crippen LogP contribution in [0.4, 0.5) is 0 Å². The number of fused-ring (bicyclic) bond motifs is 1. The maximum Gasteiger partial charge on any atom is 0.337 e. The number of carboxylic acid groups (broad SMARTS) is 1. The Morgan fingerprint density at radius 2 is 1.70 bits per heavy atom. The minimum absolute atomic E-state index is 0.0795. The van der Waals surface area contributed by atoms with Crippen molar-refractivity contribution in [1.82, 2.24) is 4.98 Å². The van der Waals surface area contributed by atoms with E-state index in [2.05, 4.69) is 4.98 Å². The molecule has 0 aliphatic heterocycles. The van der Waals surface area contributed by atoms with Gasteiger partial charge in [0.15, 0.2) is 11.6 Å². The standard InChI is InChI=1S/C18H13NO4/c1-10-15(8-12-7-6-11(9-19-12)18(22)23)17(21)14-5-3-2-4-13(14)16(10)20/h2-7,9H,8H2,1H3,(H,22,23). The number of pyridine rings is 1. The zero-order valence-electron chi connectivity index (χ0n) is 12.4. The largest absolute Gasteiger partial charge is 0.478 e. The Morgan fingerprint density at radius 1 is 1.04 bits per heavy atom. The van der Waals surface area contributed by atoms with Gasteiger partial charge in [0.1, 0.15) is 0 Å². The third-order valence-electron chi connectivity index (χ3n) is 3.91. The van der Waals surface area contributed by atoms with E-state index >= 15 is 0 Å². The van der Waals surface area contributed by atoms with Crippen molar-refractivity contribution in [3.8, 4) is 0 Å². The number of rotatable bonds is 3. The average Bonchev–Trinajstić information content (AvgIpc) is 2.57. The van der Waals surface area contributed by atoms with Gasteiger partial charge in [0.25, 0.3) is 0 Å². The molecular formula is C18H13NO4. The van der Waals surface area contributed by atoms with Gasteiger partial charge < -0.3 is 5.11 Å². The second kappa shape index (κ2) is 5.61. The summed E-state index contributed by atoms with van der Waals surface area (Å²) in [5, 5.41) is 8.88. The topological polar surface area (TPSA) is 84.3 Å². The van der Waals surface area contributed by atoms with Gasteiger partial charge in [-0.1, -0.05) is 24.3 Å². The van der Waals surface area contributed by atoms with Crippen LogP contribution in [0.15, 0.2) is 53.7 Å². The summed E-state index contributed by atoms with van der Waals surface area (Å²) in [4.78, 5) is 39.9. The minimum atomic E-state index is -1.06. The van der Waals surface area contributed by atoms with Crippen LogP contribution in [-0.4, -0.2) is 27.6 Å². The van der Waals surface area contributed by atoms with Crippen molar-refractivity contribution >= 4 is 17.5 Å². The van der Waals surface area contributed by atoms with Crippen LogP contribution in [-0.2, 0) is 6.42 Å². The molecule has 0 bridgehead atoms. The van der Waals surface area contributed by atoms with Gasteiger partial charge in [0, 0.05) is 40.6 Å². The van der Waals surface area contributed by atoms with Gasteiger partial charge in [0.05, 0.1) is 5.56 Å². The van der Waals surface area contributed by atoms with Crippen molar-refractivity contribution in [3.05, 3.63) is 76.1 Å². The van der Waals surface area contributed by atoms with Crippen molar-refractivity contribution in [2.45, 2.75) is 13.3 Å². The molecule has 1 aromatic heterocycles. The fourth-order valence-electron chi connectivity index (χ4n) is 2.60. The van der Waals surface area contributed by atoms with Crippen LogP contribution in [0.25, 0.3) is 0 Å². The van der Waals surface area contributed by atoms with Crippen LogP contribution < -0.4 is 0 Å². The lowest BCUT2D eigenvalue weighted by Gasteiger charge is -2.18. The summed E-state index contributed by atoms with van der Waals surface area (Å²) in [7, 11) is 0. The van der Waals surface area contributed by atoms with Gasteiger partial charge >= 0.3 is 5.97 Å². The molecule has 0 atom stereocenters. The molecule has 5 heteroatoms. The van der Waals surface area contributed by atoms with E-state index in [0.717, 1.165) is 0 Å². The van der Waals surface area contributed by atoms with Gasteiger partial charge in [-0.25, -0.2) is 4.79 Å². The summed E-state index contributed by atoms with van der Waals surface area (Å²) >= 11 is 0. The highest BCUT2D eigenvalue weighted by atomic mass is 16.4. The molecule has 1 aliphatic rings. The Balaban J connectivity index is 1.96. The Kier molecular flexibility index (Phi) is 3.62. The van der Waals surface area contributed by atoms with Crippen molar-refractivity contribution < 1.29 is 19.5 Å². The first-order chi connectivity index (χ1) is 11.0. The predicted molar refractivity (Wildman–Crippen MR) is 82.7 cm³/mol. The lowest BCUT2D eigenvalue weighted by atomic mass is 9.83. The third-order valence-corrected chi connectivity index (χ3v) is 3.91. The van der Waals surface area contributed by atoms with Crippen LogP contribution in [0, 0.1) is 0 Å². The minimum Gasteiger partial charge on any atom is -0.478 e. The first-order valence-electron chi connectivity index (χ1n) is 7.05. The number of ketones is 2. The second-order valence-electron chi connectivity index (χ2n) is 5.33. The molecule has 114 valence electrons. The molecule has 1 aromatic carbocycles. The maximum absolute atomic E-state index is 12.6. The van der Waals surface area contributed by atoms with Gasteiger partial charge in [-0.3, -0.25) is 14.6 Å². The molecule has 1 aliphatic carbocycles. The maximum atomic E-state index is 12.6. The zero-order chi connectivity index (χ0) is 16.6. The lowest BCUT2D eigenvalue weighted by molar-refractivity contribution is 0.0696. The van der Waals surface area contributed by atoms with Crippen molar-refractivity contribution in [2.24, 2.45) is 0 Å². The molecule has 0 spiro atoms. The molecule has 0 radical (unpaired) electrons. The molecular weight excluding hydrogens is 294 g/mol. The number of aromatic nitrogens is 1. The first-order valence-corrected chi connectivity index (χ1v) is 7.05. The normalized spacial score (nSPS) is 14.0. The SMILES string of the molecule is CC1=C(Cc2ccc(C(=O)O)cn2)C(=O)c2ccccc2C1=O. The number of Topliss-reactive ketones (excluding diaryl/α,β-unsaturated/α-hetero) is 2. The molecule has 2 aromatic rings. The Hall–Kier alpha value is -3.08. The van der Waals surface area contributed by atoms with E-state index in [4.69, 9.17) is 5.11 Å². The highest BCUT2D eigenvalue weighted by molar-refractivity contribution is 6.26. The van der Waals surface area contributed by atoms with Gasteiger partial charge in [-0.2, -0.15) is 0 Å². The first kappa shape index (κ1) is 14.8. The van der Waals surface area contributed by atoms with Crippen LogP contribution in [0.1, 0.15) is 43.7 Å². The van der Waals surface area contributed by atoms with Crippen LogP contribution in [0.5, 0.6) is 0 Å². The predicted octanol–water partition coefficient (Wildman–Crippen LogP) is 2.72. The number of carboxylic acids is 1. The van der Waals surface area contributed by atoms with E-state index in [0.29, 0.717) is 28.0 Å². The molecule has 0 unspecified atom stereocenters. The fraction of sp³-hybridized carbons (Fsp3) is 0.111. The molecule has 5 nitrogen and oxygen atoms in total. The van der Waals surface area contributed by atoms with E-state index in [9.17, 15) is 14.4 Å². The molecule has 23 heavy (non-hydrogen) atoms. The number of hydrogen-bond acceptors (Lipinski definition) is 4. The van der Waals surface area contributed by atoms with Crippen molar-refractivity contribution in [2.75, 3.05) is 0 Å². The van der Waals surface area contributed by atoms with E-state index in [-0.39, 0.29) is 23.6 Å². The molecule has 1 heterocycles. The van der Waals surface area contributed by atoms with Gasteiger partial charge in [-0.15, -0.1) is 0 Å². The summed E-state index contributed by atoms with van der Waals surface area (Å²) in [5.74, 6) is -1.39. The summed E-state index contributed by atoms with van der Waals surface area (Å²) in [6.45, 7) is 1.64. The Bertz CT molecular complexity index is 863. The molecule has 3 rings (SSSR count). The lowest BCUT2D eigenvalue weighted by Crippen LogP contribution is -2.22. The molecule has 1 N–H and O–H groups in total. The van der Waals surface area contributed by atoms with Gasteiger partial charge in [-0.05, 0) is 19.1 Å². The number of allylic oxidation sites excluding steroid dienone is 2. The molecule has 0 saturated carbocycles. The summed E-state index contributed by atoms with van der Waals surface area (Å²) in [6, 6.07) is 9.74. The number of carbonyl (C=O) groups is 3. The molecule has 0 fully saturated rings. The molecule has 0 saturated heterocycles. The fourth-order valence-corrected chi connectivity index (χ4v) is 2.60. The monoisotopic (exact) mass is 307 g/mol. The van der Waals surface area contributed by atoms with E-state index in [1.54, 1.807) is 37.3 Å². The van der Waals surface area contributed by atoms with E-state index in [1.165, 1.54) is 12.3 Å². The van der Waals surface area contributed by atoms with Crippen LogP contribution in [0.3, 0.4) is 0 Å². The third kappa shape index (κ3) is 2.57. The van der Waals surface area contributed by atoms with Crippen LogP contribution >= 0.6 is 0 Å². The summed E-state index contributed by atoms with van der Waals surface area (Å²) in [6.07, 6.45) is 1.45. The number of nitrogens with zero attached hydrogens (tertiary/aromatic N) is 1. The Morgan fingerprint density at radius 3 is 2.26 bits per heavy atom. The average molecular weight is 307 g/mol. The number of hydrogen-bond donors (Lipinski definition) is 1. The molecule has 0 amide bonds. The van der Waals surface area contributed by atoms with Crippen molar-refractivity contribution in [3.63, 3.8) is 0 Å². The van der Waals surface area contributed by atoms with E-state index in [1.807, 2.05) is 0 Å². The number of aromatic carboxylic acids is 1. The quantitative estimate of drug-likeness (QED) is 0.942.